The predicted octanol–water partition coefficient (Wildman–Crippen LogP) is 6.15. The van der Waals surface area contributed by atoms with Crippen LogP contribution in [0.2, 0.25) is 0 Å². The number of benzene rings is 2. The van der Waals surface area contributed by atoms with Crippen LogP contribution < -0.4 is 16.3 Å². The molecule has 0 bridgehead atoms. The van der Waals surface area contributed by atoms with Gasteiger partial charge in [-0.05, 0) is 87.1 Å². The van der Waals surface area contributed by atoms with E-state index in [4.69, 9.17) is 9.72 Å². The number of piperidine rings is 2. The molecule has 3 N–H and O–H groups in total. The summed E-state index contributed by atoms with van der Waals surface area (Å²) in [6.07, 6.45) is 4.94. The summed E-state index contributed by atoms with van der Waals surface area (Å²) in [4.78, 5) is 54.1. The van der Waals surface area contributed by atoms with Crippen LogP contribution in [0.1, 0.15) is 94.3 Å². The van der Waals surface area contributed by atoms with Crippen molar-refractivity contribution in [3.8, 4) is 11.1 Å². The minimum atomic E-state index is -4.29. The van der Waals surface area contributed by atoms with Crippen molar-refractivity contribution < 1.29 is 32.6 Å². The summed E-state index contributed by atoms with van der Waals surface area (Å²) in [5, 5.41) is 16.2. The third-order valence-electron chi connectivity index (χ3n) is 14.3. The number of ether oxygens (including phenoxy) is 1. The summed E-state index contributed by atoms with van der Waals surface area (Å²) in [5.41, 5.74) is 6.27. The van der Waals surface area contributed by atoms with E-state index < -0.39 is 30.6 Å². The highest BCUT2D eigenvalue weighted by Crippen LogP contribution is 2.37. The van der Waals surface area contributed by atoms with Crippen LogP contribution in [0.3, 0.4) is 0 Å². The number of aryl methyl sites for hydroxylation is 1. The van der Waals surface area contributed by atoms with Crippen molar-refractivity contribution in [3.63, 3.8) is 0 Å². The maximum absolute atomic E-state index is 13.2. The zero-order valence-corrected chi connectivity index (χ0v) is 38.5. The van der Waals surface area contributed by atoms with Crippen LogP contribution in [0.5, 0.6) is 0 Å². The van der Waals surface area contributed by atoms with E-state index in [0.29, 0.717) is 30.4 Å². The van der Waals surface area contributed by atoms with Crippen molar-refractivity contribution >= 4 is 39.8 Å². The van der Waals surface area contributed by atoms with Gasteiger partial charge in [0.2, 0.25) is 17.8 Å². The molecule has 18 heteroatoms. The fourth-order valence-corrected chi connectivity index (χ4v) is 10.5. The quantitative estimate of drug-likeness (QED) is 0.0819. The average Bonchev–Trinajstić information content (AvgIpc) is 3.79. The molecule has 6 heterocycles. The standard InChI is InChI=1S/C49H63F3N10O5/c1-32(27-49(50,51)52)54-47-53-28-39-40(31-61(45(39)56-47)36-9-11-37(63)12-10-36)35-7-4-33(5-8-35)29-60-23-21-58(22-24-60)18-3-25-67-38-16-19-59(20-17-38)30-34-6-13-41-43(26-34)57(2)48(66)62(41)42-14-15-44(64)55-46(42)65/h4-8,13,26,28,31-32,36-38,42,63H,3,9-12,14-25,27,29-30H2,1-2H3,(H,53,54,56)(H,55,64,65)/t32-,36?,37?,42?/m0/s1. The Kier molecular flexibility index (Phi) is 14.2. The number of carbonyl (C=O) groups excluding carboxylic acids is 2. The number of anilines is 1. The number of nitrogens with one attached hydrogen (secondary N) is 2. The normalized spacial score (nSPS) is 22.4. The highest BCUT2D eigenvalue weighted by molar-refractivity contribution is 6.00. The van der Waals surface area contributed by atoms with Gasteiger partial charge in [-0.3, -0.25) is 33.8 Å². The van der Waals surface area contributed by atoms with Crippen molar-refractivity contribution in [2.24, 2.45) is 7.05 Å². The molecule has 5 aromatic rings. The number of carbonyl (C=O) groups is 2. The van der Waals surface area contributed by atoms with Gasteiger partial charge in [0.05, 0.1) is 29.7 Å². The number of aliphatic hydroxyl groups excluding tert-OH is 1. The molecule has 4 aliphatic rings. The molecule has 1 saturated carbocycles. The monoisotopic (exact) mass is 928 g/mol. The Hall–Kier alpha value is -5.14. The lowest BCUT2D eigenvalue weighted by molar-refractivity contribution is -0.137. The maximum atomic E-state index is 13.2. The molecule has 1 aliphatic carbocycles. The van der Waals surface area contributed by atoms with Crippen molar-refractivity contribution in [3.05, 3.63) is 76.5 Å². The second-order valence-corrected chi connectivity index (χ2v) is 19.2. The first-order valence-corrected chi connectivity index (χ1v) is 24.0. The van der Waals surface area contributed by atoms with E-state index in [1.165, 1.54) is 17.1 Å². The number of hydrogen-bond donors (Lipinski definition) is 3. The first-order valence-electron chi connectivity index (χ1n) is 24.0. The Bertz CT molecular complexity index is 2590. The molecule has 1 unspecified atom stereocenters. The molecule has 2 atom stereocenters. The van der Waals surface area contributed by atoms with Crippen LogP contribution in [-0.2, 0) is 34.5 Å². The summed E-state index contributed by atoms with van der Waals surface area (Å²) in [7, 11) is 1.73. The smallest absolute Gasteiger partial charge is 0.391 e. The van der Waals surface area contributed by atoms with Crippen molar-refractivity contribution in [1.29, 1.82) is 0 Å². The molecule has 2 aromatic carbocycles. The third kappa shape index (κ3) is 11.1. The van der Waals surface area contributed by atoms with E-state index in [1.807, 2.05) is 18.2 Å². The topological polar surface area (TPSA) is 155 Å². The molecule has 360 valence electrons. The van der Waals surface area contributed by atoms with Gasteiger partial charge in [-0.25, -0.2) is 9.78 Å². The van der Waals surface area contributed by atoms with Gasteiger partial charge >= 0.3 is 11.9 Å². The molecule has 4 fully saturated rings. The fraction of sp³-hybridized carbons (Fsp3) is 0.571. The van der Waals surface area contributed by atoms with Crippen LogP contribution in [0.4, 0.5) is 19.1 Å². The zero-order valence-electron chi connectivity index (χ0n) is 38.5. The molecular formula is C49H63F3N10O5. The zero-order chi connectivity index (χ0) is 46.8. The van der Waals surface area contributed by atoms with E-state index in [1.54, 1.807) is 17.8 Å². The summed E-state index contributed by atoms with van der Waals surface area (Å²) in [5.74, 6) is -0.557. The Labute approximate surface area is 388 Å². The second kappa shape index (κ2) is 20.2. The molecule has 0 spiro atoms. The van der Waals surface area contributed by atoms with E-state index in [0.717, 1.165) is 125 Å². The van der Waals surface area contributed by atoms with Gasteiger partial charge < -0.3 is 24.6 Å². The van der Waals surface area contributed by atoms with Crippen LogP contribution in [0.15, 0.2) is 59.7 Å². The summed E-state index contributed by atoms with van der Waals surface area (Å²) in [6, 6.07) is 13.2. The Balaban J connectivity index is 0.708. The van der Waals surface area contributed by atoms with Gasteiger partial charge in [0, 0.05) is 114 Å². The maximum Gasteiger partial charge on any atom is 0.391 e. The van der Waals surface area contributed by atoms with Gasteiger partial charge in [-0.2, -0.15) is 18.2 Å². The molecule has 0 radical (unpaired) electrons. The van der Waals surface area contributed by atoms with Crippen LogP contribution in [0, 0.1) is 0 Å². The highest BCUT2D eigenvalue weighted by Gasteiger charge is 2.33. The average molecular weight is 929 g/mol. The minimum absolute atomic E-state index is 0.128. The largest absolute Gasteiger partial charge is 0.393 e. The fourth-order valence-electron chi connectivity index (χ4n) is 10.5. The second-order valence-electron chi connectivity index (χ2n) is 19.2. The number of nitrogens with zero attached hydrogens (tertiary/aromatic N) is 8. The van der Waals surface area contributed by atoms with Gasteiger partial charge in [-0.1, -0.05) is 30.3 Å². The first-order chi connectivity index (χ1) is 32.2. The van der Waals surface area contributed by atoms with Gasteiger partial charge in [-0.15, -0.1) is 0 Å². The number of alkyl halides is 3. The lowest BCUT2D eigenvalue weighted by Gasteiger charge is -2.35. The number of piperazine rings is 1. The van der Waals surface area contributed by atoms with E-state index >= 15 is 0 Å². The number of aromatic nitrogens is 5. The number of aliphatic hydroxyl groups is 1. The number of likely N-dealkylation sites (tertiary alicyclic amines) is 1. The molecule has 9 rings (SSSR count). The number of fused-ring (bicyclic) bond motifs is 2. The molecule has 15 nitrogen and oxygen atoms in total. The molecule has 3 saturated heterocycles. The Morgan fingerprint density at radius 2 is 1.55 bits per heavy atom. The van der Waals surface area contributed by atoms with E-state index in [2.05, 4.69) is 65.3 Å². The Morgan fingerprint density at radius 3 is 2.27 bits per heavy atom. The van der Waals surface area contributed by atoms with Crippen LogP contribution in [-0.4, -0.2) is 132 Å². The summed E-state index contributed by atoms with van der Waals surface area (Å²) < 4.78 is 50.8. The summed E-state index contributed by atoms with van der Waals surface area (Å²) >= 11 is 0. The van der Waals surface area contributed by atoms with Crippen molar-refractivity contribution in [2.75, 3.05) is 57.7 Å². The first kappa shape index (κ1) is 46.9. The minimum Gasteiger partial charge on any atom is -0.393 e. The predicted molar refractivity (Wildman–Crippen MR) is 249 cm³/mol. The summed E-state index contributed by atoms with van der Waals surface area (Å²) in [6.45, 7) is 10.8. The lowest BCUT2D eigenvalue weighted by Crippen LogP contribution is -2.46. The number of imidazole rings is 1. The number of hydrogen-bond acceptors (Lipinski definition) is 11. The van der Waals surface area contributed by atoms with Crippen LogP contribution in [0.25, 0.3) is 33.2 Å². The molecule has 3 aliphatic heterocycles. The van der Waals surface area contributed by atoms with Crippen molar-refractivity contribution in [1.82, 2.24) is 43.7 Å². The number of rotatable bonds is 15. The van der Waals surface area contributed by atoms with E-state index in [9.17, 15) is 32.7 Å². The number of amides is 2. The number of imide groups is 1. The molecular weight excluding hydrogens is 866 g/mol. The van der Waals surface area contributed by atoms with Gasteiger partial charge in [0.1, 0.15) is 11.7 Å². The molecule has 3 aromatic heterocycles. The SMILES string of the molecule is C[C@@H](CC(F)(F)F)Nc1ncc2c(-c3ccc(CN4CCN(CCCOC5CCN(Cc6ccc7c(c6)n(C)c(=O)n7C6CCC(=O)NC6=O)CC5)CC4)cc3)cn(C3CCC(O)CC3)c2n1. The van der Waals surface area contributed by atoms with Crippen molar-refractivity contribution in [2.45, 2.75) is 121 Å². The highest BCUT2D eigenvalue weighted by atomic mass is 19.4. The van der Waals surface area contributed by atoms with E-state index in [-0.39, 0.29) is 42.2 Å². The number of halogens is 3. The lowest BCUT2D eigenvalue weighted by atomic mass is 9.93. The third-order valence-corrected chi connectivity index (χ3v) is 14.3. The molecule has 2 amide bonds. The van der Waals surface area contributed by atoms with Gasteiger partial charge in [0.25, 0.3) is 0 Å². The van der Waals surface area contributed by atoms with Crippen LogP contribution >= 0.6 is 0 Å². The Morgan fingerprint density at radius 1 is 0.866 bits per heavy atom. The molecule has 67 heavy (non-hydrogen) atoms. The van der Waals surface area contributed by atoms with Gasteiger partial charge in [0.15, 0.2) is 0 Å².